The van der Waals surface area contributed by atoms with Crippen molar-refractivity contribution in [3.63, 3.8) is 0 Å². The molecule has 0 bridgehead atoms. The molecule has 8 heteroatoms. The topological polar surface area (TPSA) is 118 Å². The van der Waals surface area contributed by atoms with E-state index < -0.39 is 22.0 Å². The van der Waals surface area contributed by atoms with Gasteiger partial charge in [0.15, 0.2) is 0 Å². The molecule has 2 aromatic rings. The summed E-state index contributed by atoms with van der Waals surface area (Å²) in [6, 6.07) is 14.8. The van der Waals surface area contributed by atoms with Crippen molar-refractivity contribution in [1.82, 2.24) is 10.0 Å². The second kappa shape index (κ2) is 9.29. The van der Waals surface area contributed by atoms with E-state index >= 15 is 0 Å². The maximum Gasteiger partial charge on any atom is 0.240 e. The van der Waals surface area contributed by atoms with Gasteiger partial charge in [-0.15, -0.1) is 0 Å². The third-order valence-electron chi connectivity index (χ3n) is 4.10. The molecular weight excluding hydrogens is 366 g/mol. The van der Waals surface area contributed by atoms with Gasteiger partial charge in [0.2, 0.25) is 21.8 Å². The monoisotopic (exact) mass is 389 g/mol. The fraction of sp³-hybridized carbons (Fsp3) is 0.263. The molecule has 0 fully saturated rings. The van der Waals surface area contributed by atoms with Crippen LogP contribution in [0.25, 0.3) is 0 Å². The number of hydrogen-bond donors (Lipinski definition) is 3. The highest BCUT2D eigenvalue weighted by Crippen LogP contribution is 2.11. The van der Waals surface area contributed by atoms with Crippen LogP contribution in [-0.2, 0) is 32.5 Å². The maximum absolute atomic E-state index is 12.2. The van der Waals surface area contributed by atoms with Gasteiger partial charge in [0.1, 0.15) is 6.04 Å². The smallest absolute Gasteiger partial charge is 0.240 e. The lowest BCUT2D eigenvalue weighted by atomic mass is 10.0. The Morgan fingerprint density at radius 2 is 1.63 bits per heavy atom. The molecule has 4 N–H and O–H groups in total. The van der Waals surface area contributed by atoms with Crippen LogP contribution in [0.15, 0.2) is 59.5 Å². The number of sulfonamides is 1. The van der Waals surface area contributed by atoms with Crippen LogP contribution in [-0.4, -0.2) is 33.3 Å². The predicted molar refractivity (Wildman–Crippen MR) is 102 cm³/mol. The van der Waals surface area contributed by atoms with Crippen molar-refractivity contribution >= 4 is 21.8 Å². The zero-order valence-corrected chi connectivity index (χ0v) is 15.8. The SMILES string of the molecule is CNS(=O)(=O)c1ccc(CCC(=O)NC(Cc2ccccc2)C(N)=O)cc1. The number of primary amides is 1. The molecule has 2 aromatic carbocycles. The summed E-state index contributed by atoms with van der Waals surface area (Å²) in [4.78, 5) is 23.9. The molecule has 7 nitrogen and oxygen atoms in total. The summed E-state index contributed by atoms with van der Waals surface area (Å²) >= 11 is 0. The Morgan fingerprint density at radius 1 is 1.00 bits per heavy atom. The van der Waals surface area contributed by atoms with Crippen molar-refractivity contribution in [2.75, 3.05) is 7.05 Å². The van der Waals surface area contributed by atoms with E-state index in [2.05, 4.69) is 10.0 Å². The minimum absolute atomic E-state index is 0.162. The lowest BCUT2D eigenvalue weighted by Crippen LogP contribution is -2.45. The van der Waals surface area contributed by atoms with E-state index in [4.69, 9.17) is 5.73 Å². The largest absolute Gasteiger partial charge is 0.368 e. The number of rotatable bonds is 9. The second-order valence-corrected chi connectivity index (χ2v) is 7.95. The molecule has 0 spiro atoms. The highest BCUT2D eigenvalue weighted by atomic mass is 32.2. The Bertz CT molecular complexity index is 881. The standard InChI is InChI=1S/C19H23N3O4S/c1-21-27(25,26)16-10-7-14(8-11-16)9-12-18(23)22-17(19(20)24)13-15-5-3-2-4-6-15/h2-8,10-11,17,21H,9,12-13H2,1H3,(H2,20,24)(H,22,23). The summed E-state index contributed by atoms with van der Waals surface area (Å²) in [5, 5.41) is 2.66. The van der Waals surface area contributed by atoms with E-state index in [9.17, 15) is 18.0 Å². The number of carbonyl (C=O) groups is 2. The van der Waals surface area contributed by atoms with Gasteiger partial charge in [0, 0.05) is 12.8 Å². The van der Waals surface area contributed by atoms with E-state index in [1.54, 1.807) is 12.1 Å². The Morgan fingerprint density at radius 3 is 2.19 bits per heavy atom. The van der Waals surface area contributed by atoms with Gasteiger partial charge >= 0.3 is 0 Å². The van der Waals surface area contributed by atoms with E-state index in [1.165, 1.54) is 19.2 Å². The normalized spacial score (nSPS) is 12.3. The first kappa shape index (κ1) is 20.6. The average Bonchev–Trinajstić information content (AvgIpc) is 2.67. The quantitative estimate of drug-likeness (QED) is 0.586. The summed E-state index contributed by atoms with van der Waals surface area (Å²) in [6.45, 7) is 0. The van der Waals surface area contributed by atoms with Crippen LogP contribution in [0.2, 0.25) is 0 Å². The highest BCUT2D eigenvalue weighted by Gasteiger charge is 2.18. The number of benzene rings is 2. The lowest BCUT2D eigenvalue weighted by Gasteiger charge is -2.15. The summed E-state index contributed by atoms with van der Waals surface area (Å²) < 4.78 is 25.6. The van der Waals surface area contributed by atoms with Gasteiger partial charge in [-0.2, -0.15) is 0 Å². The van der Waals surface area contributed by atoms with E-state index in [-0.39, 0.29) is 17.2 Å². The van der Waals surface area contributed by atoms with Crippen molar-refractivity contribution in [2.24, 2.45) is 5.73 Å². The van der Waals surface area contributed by atoms with E-state index in [1.807, 2.05) is 30.3 Å². The number of hydrogen-bond acceptors (Lipinski definition) is 4. The van der Waals surface area contributed by atoms with Crippen molar-refractivity contribution < 1.29 is 18.0 Å². The number of aryl methyl sites for hydroxylation is 1. The van der Waals surface area contributed by atoms with Crippen LogP contribution >= 0.6 is 0 Å². The van der Waals surface area contributed by atoms with Gasteiger partial charge < -0.3 is 11.1 Å². The average molecular weight is 389 g/mol. The molecular formula is C19H23N3O4S. The molecule has 1 unspecified atom stereocenters. The first-order chi connectivity index (χ1) is 12.8. The summed E-state index contributed by atoms with van der Waals surface area (Å²) in [7, 11) is -2.14. The Hall–Kier alpha value is -2.71. The zero-order valence-electron chi connectivity index (χ0n) is 15.0. The minimum atomic E-state index is -3.48. The molecule has 0 saturated heterocycles. The van der Waals surface area contributed by atoms with Gasteiger partial charge in [0.25, 0.3) is 0 Å². The molecule has 0 aromatic heterocycles. The third kappa shape index (κ3) is 6.19. The molecule has 0 saturated carbocycles. The molecule has 2 rings (SSSR count). The van der Waals surface area contributed by atoms with Gasteiger partial charge in [-0.3, -0.25) is 9.59 Å². The molecule has 0 aliphatic carbocycles. The van der Waals surface area contributed by atoms with Gasteiger partial charge in [0.05, 0.1) is 4.90 Å². The number of nitrogens with two attached hydrogens (primary N) is 1. The van der Waals surface area contributed by atoms with Crippen LogP contribution in [0, 0.1) is 0 Å². The fourth-order valence-electron chi connectivity index (χ4n) is 2.55. The molecule has 0 heterocycles. The van der Waals surface area contributed by atoms with Crippen LogP contribution in [0.1, 0.15) is 17.5 Å². The third-order valence-corrected chi connectivity index (χ3v) is 5.53. The van der Waals surface area contributed by atoms with E-state index in [0.717, 1.165) is 11.1 Å². The minimum Gasteiger partial charge on any atom is -0.368 e. The number of carbonyl (C=O) groups excluding carboxylic acids is 2. The summed E-state index contributed by atoms with van der Waals surface area (Å²) in [5.74, 6) is -0.879. The summed E-state index contributed by atoms with van der Waals surface area (Å²) in [5.41, 5.74) is 7.12. The van der Waals surface area contributed by atoms with Crippen LogP contribution in [0.3, 0.4) is 0 Å². The molecule has 27 heavy (non-hydrogen) atoms. The van der Waals surface area contributed by atoms with Crippen molar-refractivity contribution in [1.29, 1.82) is 0 Å². The van der Waals surface area contributed by atoms with Gasteiger partial charge in [-0.25, -0.2) is 13.1 Å². The number of amides is 2. The Balaban J connectivity index is 1.91. The maximum atomic E-state index is 12.2. The highest BCUT2D eigenvalue weighted by molar-refractivity contribution is 7.89. The van der Waals surface area contributed by atoms with Crippen LogP contribution in [0.5, 0.6) is 0 Å². The van der Waals surface area contributed by atoms with Crippen molar-refractivity contribution in [3.8, 4) is 0 Å². The molecule has 144 valence electrons. The predicted octanol–water partition coefficient (Wildman–Crippen LogP) is 0.740. The fourth-order valence-corrected chi connectivity index (χ4v) is 3.28. The molecule has 2 amide bonds. The lowest BCUT2D eigenvalue weighted by molar-refractivity contribution is -0.127. The van der Waals surface area contributed by atoms with Crippen molar-refractivity contribution in [3.05, 3.63) is 65.7 Å². The first-order valence-electron chi connectivity index (χ1n) is 8.47. The van der Waals surface area contributed by atoms with Gasteiger partial charge in [-0.05, 0) is 36.7 Å². The molecule has 1 atom stereocenters. The molecule has 0 aliphatic heterocycles. The van der Waals surface area contributed by atoms with E-state index in [0.29, 0.717) is 12.8 Å². The van der Waals surface area contributed by atoms with Crippen molar-refractivity contribution in [2.45, 2.75) is 30.2 Å². The summed E-state index contributed by atoms with van der Waals surface area (Å²) in [6.07, 6.45) is 0.914. The molecule has 0 radical (unpaired) electrons. The van der Waals surface area contributed by atoms with Crippen LogP contribution < -0.4 is 15.8 Å². The van der Waals surface area contributed by atoms with Gasteiger partial charge in [-0.1, -0.05) is 42.5 Å². The molecule has 0 aliphatic rings. The zero-order chi connectivity index (χ0) is 19.9. The second-order valence-electron chi connectivity index (χ2n) is 6.06. The number of nitrogens with one attached hydrogen (secondary N) is 2. The first-order valence-corrected chi connectivity index (χ1v) is 9.95. The Labute approximate surface area is 159 Å². The van der Waals surface area contributed by atoms with Crippen LogP contribution in [0.4, 0.5) is 0 Å². The Kier molecular flexibility index (Phi) is 7.09.